The second kappa shape index (κ2) is 11.0. The molecule has 0 radical (unpaired) electrons. The van der Waals surface area contributed by atoms with Crippen molar-refractivity contribution in [1.82, 2.24) is 0 Å². The average Bonchev–Trinajstić information content (AvgIpc) is 2.79. The highest BCUT2D eigenvalue weighted by atomic mass is 16.1. The topological polar surface area (TPSA) is 115 Å². The minimum Gasteiger partial charge on any atom is -0.289 e. The SMILES string of the molecule is [N-]=[N+]=Nc1ccc(/C=C/C=C2\CCC/C(=C\C=C\c3ccc(N=[N+]=[N-])cc3)C2=O)cc1. The number of hydrogen-bond acceptors (Lipinski definition) is 3. The molecule has 0 heterocycles. The van der Waals surface area contributed by atoms with Gasteiger partial charge in [-0.2, -0.15) is 0 Å². The van der Waals surface area contributed by atoms with Crippen LogP contribution in [0, 0.1) is 0 Å². The summed E-state index contributed by atoms with van der Waals surface area (Å²) in [5, 5.41) is 7.09. The van der Waals surface area contributed by atoms with E-state index in [1.165, 1.54) is 0 Å². The van der Waals surface area contributed by atoms with Crippen LogP contribution in [0.15, 0.2) is 94.2 Å². The first kappa shape index (κ1) is 21.4. The van der Waals surface area contributed by atoms with Crippen LogP contribution >= 0.6 is 0 Å². The second-order valence-corrected chi connectivity index (χ2v) is 6.85. The number of Topliss-reactive ketones (excluding diaryl/α,β-unsaturated/α-hetero) is 1. The van der Waals surface area contributed by atoms with Crippen molar-refractivity contribution in [3.05, 3.63) is 116 Å². The van der Waals surface area contributed by atoms with Crippen LogP contribution in [-0.4, -0.2) is 5.78 Å². The molecular weight excluding hydrogens is 388 g/mol. The van der Waals surface area contributed by atoms with Crippen LogP contribution in [0.3, 0.4) is 0 Å². The number of carbonyl (C=O) groups is 1. The zero-order valence-corrected chi connectivity index (χ0v) is 16.8. The van der Waals surface area contributed by atoms with Gasteiger partial charge in [-0.1, -0.05) is 95.2 Å². The van der Waals surface area contributed by atoms with Crippen LogP contribution in [-0.2, 0) is 4.79 Å². The third-order valence-electron chi connectivity index (χ3n) is 4.75. The normalized spacial score (nSPS) is 16.6. The standard InChI is InChI=1S/C24H20N6O/c25-29-27-22-14-10-18(11-15-22)4-1-6-20-8-3-9-21(24(20)31)7-2-5-19-12-16-23(17-13-19)28-30-26/h1-2,4-7,10-17H,3,8-9H2/b4-1+,5-2+,20-6+,21-7+. The number of azide groups is 2. The summed E-state index contributed by atoms with van der Waals surface area (Å²) in [5.41, 5.74) is 21.5. The highest BCUT2D eigenvalue weighted by molar-refractivity contribution is 6.09. The molecule has 3 rings (SSSR count). The Morgan fingerprint density at radius 1 is 0.710 bits per heavy atom. The molecule has 0 amide bonds. The summed E-state index contributed by atoms with van der Waals surface area (Å²) in [7, 11) is 0. The predicted molar refractivity (Wildman–Crippen MR) is 124 cm³/mol. The fourth-order valence-electron chi connectivity index (χ4n) is 3.18. The fraction of sp³-hybridized carbons (Fsp3) is 0.125. The Morgan fingerprint density at radius 3 is 1.52 bits per heavy atom. The lowest BCUT2D eigenvalue weighted by atomic mass is 9.88. The number of rotatable bonds is 6. The molecule has 0 saturated heterocycles. The Kier molecular flexibility index (Phi) is 7.61. The molecule has 31 heavy (non-hydrogen) atoms. The van der Waals surface area contributed by atoms with Gasteiger partial charge in [-0.25, -0.2) is 0 Å². The van der Waals surface area contributed by atoms with Crippen molar-refractivity contribution in [2.45, 2.75) is 19.3 Å². The van der Waals surface area contributed by atoms with E-state index in [0.29, 0.717) is 11.4 Å². The minimum atomic E-state index is 0.0814. The van der Waals surface area contributed by atoms with E-state index in [0.717, 1.165) is 41.5 Å². The summed E-state index contributed by atoms with van der Waals surface area (Å²) in [6, 6.07) is 14.4. The largest absolute Gasteiger partial charge is 0.289 e. The van der Waals surface area contributed by atoms with Crippen molar-refractivity contribution < 1.29 is 4.79 Å². The van der Waals surface area contributed by atoms with E-state index in [9.17, 15) is 4.79 Å². The van der Waals surface area contributed by atoms with E-state index in [1.54, 1.807) is 24.3 Å². The molecule has 0 N–H and O–H groups in total. The third kappa shape index (κ3) is 6.34. The Bertz CT molecular complexity index is 1070. The maximum Gasteiger partial charge on any atom is 0.184 e. The van der Waals surface area contributed by atoms with Gasteiger partial charge in [-0.3, -0.25) is 4.79 Å². The average molecular weight is 408 g/mol. The molecule has 0 aromatic heterocycles. The molecule has 1 fully saturated rings. The highest BCUT2D eigenvalue weighted by Crippen LogP contribution is 2.25. The summed E-state index contributed by atoms with van der Waals surface area (Å²) in [4.78, 5) is 18.3. The lowest BCUT2D eigenvalue weighted by molar-refractivity contribution is -0.113. The first-order valence-electron chi connectivity index (χ1n) is 9.79. The fourth-order valence-corrected chi connectivity index (χ4v) is 3.18. The van der Waals surface area contributed by atoms with E-state index in [1.807, 2.05) is 60.7 Å². The van der Waals surface area contributed by atoms with Gasteiger partial charge >= 0.3 is 0 Å². The molecule has 0 unspecified atom stereocenters. The first-order valence-corrected chi connectivity index (χ1v) is 9.79. The summed E-state index contributed by atoms with van der Waals surface area (Å²) in [6.45, 7) is 0. The minimum absolute atomic E-state index is 0.0814. The van der Waals surface area contributed by atoms with Gasteiger partial charge in [0.25, 0.3) is 0 Å². The van der Waals surface area contributed by atoms with Crippen molar-refractivity contribution in [1.29, 1.82) is 0 Å². The van der Waals surface area contributed by atoms with Crippen molar-refractivity contribution in [3.8, 4) is 0 Å². The second-order valence-electron chi connectivity index (χ2n) is 6.85. The van der Waals surface area contributed by atoms with Crippen molar-refractivity contribution in [2.24, 2.45) is 10.2 Å². The Hall–Kier alpha value is -4.31. The van der Waals surface area contributed by atoms with Gasteiger partial charge in [0.05, 0.1) is 0 Å². The van der Waals surface area contributed by atoms with Crippen LogP contribution in [0.4, 0.5) is 11.4 Å². The maximum absolute atomic E-state index is 12.7. The molecule has 1 aliphatic rings. The molecule has 2 aromatic rings. The Balaban J connectivity index is 1.65. The maximum atomic E-state index is 12.7. The van der Waals surface area contributed by atoms with Crippen LogP contribution in [0.1, 0.15) is 30.4 Å². The van der Waals surface area contributed by atoms with Gasteiger partial charge in [0.1, 0.15) is 0 Å². The van der Waals surface area contributed by atoms with Crippen molar-refractivity contribution in [3.63, 3.8) is 0 Å². The number of allylic oxidation sites excluding steroid dienone is 6. The van der Waals surface area contributed by atoms with E-state index in [-0.39, 0.29) is 5.78 Å². The zero-order chi connectivity index (χ0) is 21.9. The quantitative estimate of drug-likeness (QED) is 0.205. The lowest BCUT2D eigenvalue weighted by Crippen LogP contribution is -2.12. The number of benzene rings is 2. The molecular formula is C24H20N6O. The predicted octanol–water partition coefficient (Wildman–Crippen LogP) is 7.90. The molecule has 1 aliphatic carbocycles. The van der Waals surface area contributed by atoms with Crippen molar-refractivity contribution in [2.75, 3.05) is 0 Å². The zero-order valence-electron chi connectivity index (χ0n) is 16.8. The van der Waals surface area contributed by atoms with Gasteiger partial charge in [0, 0.05) is 21.2 Å². The summed E-state index contributed by atoms with van der Waals surface area (Å²) in [6.07, 6.45) is 13.8. The van der Waals surface area contributed by atoms with Gasteiger partial charge in [0.2, 0.25) is 0 Å². The Morgan fingerprint density at radius 2 is 1.13 bits per heavy atom. The number of ketones is 1. The summed E-state index contributed by atoms with van der Waals surface area (Å²) in [5.74, 6) is 0.0814. The summed E-state index contributed by atoms with van der Waals surface area (Å²) < 4.78 is 0. The number of nitrogens with zero attached hydrogens (tertiary/aromatic N) is 6. The molecule has 0 atom stereocenters. The van der Waals surface area contributed by atoms with E-state index in [2.05, 4.69) is 20.1 Å². The molecule has 0 aliphatic heterocycles. The smallest absolute Gasteiger partial charge is 0.184 e. The van der Waals surface area contributed by atoms with E-state index >= 15 is 0 Å². The van der Waals surface area contributed by atoms with Gasteiger partial charge in [0.15, 0.2) is 5.78 Å². The van der Waals surface area contributed by atoms with Gasteiger partial charge in [-0.05, 0) is 52.6 Å². The summed E-state index contributed by atoms with van der Waals surface area (Å²) >= 11 is 0. The van der Waals surface area contributed by atoms with Crippen molar-refractivity contribution >= 4 is 29.3 Å². The third-order valence-corrected chi connectivity index (χ3v) is 4.75. The van der Waals surface area contributed by atoms with Crippen LogP contribution in [0.2, 0.25) is 0 Å². The number of hydrogen-bond donors (Lipinski definition) is 0. The highest BCUT2D eigenvalue weighted by Gasteiger charge is 2.19. The molecule has 1 saturated carbocycles. The van der Waals surface area contributed by atoms with Gasteiger partial charge < -0.3 is 0 Å². The van der Waals surface area contributed by atoms with Crippen LogP contribution < -0.4 is 0 Å². The molecule has 152 valence electrons. The molecule has 7 nitrogen and oxygen atoms in total. The van der Waals surface area contributed by atoms with Crippen LogP contribution in [0.25, 0.3) is 33.0 Å². The monoisotopic (exact) mass is 408 g/mol. The van der Waals surface area contributed by atoms with E-state index < -0.39 is 0 Å². The Labute approximate surface area is 180 Å². The molecule has 7 heteroatoms. The lowest BCUT2D eigenvalue weighted by Gasteiger charge is -2.15. The first-order chi connectivity index (χ1) is 15.2. The molecule has 2 aromatic carbocycles. The molecule has 0 spiro atoms. The van der Waals surface area contributed by atoms with Gasteiger partial charge in [-0.15, -0.1) is 0 Å². The number of carbonyl (C=O) groups excluding carboxylic acids is 1. The molecule has 0 bridgehead atoms. The van der Waals surface area contributed by atoms with Crippen LogP contribution in [0.5, 0.6) is 0 Å². The van der Waals surface area contributed by atoms with E-state index in [4.69, 9.17) is 11.1 Å².